The van der Waals surface area contributed by atoms with Crippen LogP contribution < -0.4 is 10.6 Å². The van der Waals surface area contributed by atoms with Gasteiger partial charge < -0.3 is 10.6 Å². The predicted octanol–water partition coefficient (Wildman–Crippen LogP) is 2.08. The fourth-order valence-electron chi connectivity index (χ4n) is 2.63. The van der Waals surface area contributed by atoms with E-state index in [-0.39, 0.29) is 5.82 Å². The molecule has 0 aromatic carbocycles. The zero-order valence-corrected chi connectivity index (χ0v) is 11.6. The molecule has 0 amide bonds. The van der Waals surface area contributed by atoms with Crippen molar-refractivity contribution in [2.24, 2.45) is 0 Å². The molecular formula is C14H14F3N5. The Morgan fingerprint density at radius 1 is 1.09 bits per heavy atom. The molecule has 0 unspecified atom stereocenters. The van der Waals surface area contributed by atoms with Crippen LogP contribution in [-0.2, 0) is 19.0 Å². The lowest BCUT2D eigenvalue weighted by Crippen LogP contribution is -2.29. The molecule has 0 radical (unpaired) electrons. The van der Waals surface area contributed by atoms with Crippen LogP contribution in [0.2, 0.25) is 0 Å². The number of fused-ring (bicyclic) bond motifs is 1. The van der Waals surface area contributed by atoms with Crippen molar-refractivity contribution in [3.63, 3.8) is 0 Å². The summed E-state index contributed by atoms with van der Waals surface area (Å²) >= 11 is 0. The number of aromatic nitrogens is 3. The summed E-state index contributed by atoms with van der Waals surface area (Å²) in [7, 11) is 0. The zero-order valence-electron chi connectivity index (χ0n) is 11.6. The summed E-state index contributed by atoms with van der Waals surface area (Å²) < 4.78 is 39.4. The number of anilines is 2. The van der Waals surface area contributed by atoms with E-state index in [1.54, 1.807) is 4.90 Å². The first kappa shape index (κ1) is 14.6. The third-order valence-electron chi connectivity index (χ3n) is 3.71. The summed E-state index contributed by atoms with van der Waals surface area (Å²) in [5.41, 5.74) is 6.71. The molecule has 0 saturated heterocycles. The monoisotopic (exact) mass is 309 g/mol. The van der Waals surface area contributed by atoms with Crippen molar-refractivity contribution in [2.45, 2.75) is 19.0 Å². The van der Waals surface area contributed by atoms with Gasteiger partial charge >= 0.3 is 6.18 Å². The van der Waals surface area contributed by atoms with Gasteiger partial charge in [-0.1, -0.05) is 0 Å². The Hall–Kier alpha value is -2.38. The van der Waals surface area contributed by atoms with Gasteiger partial charge in [0.2, 0.25) is 0 Å². The second kappa shape index (κ2) is 5.43. The number of nitrogens with two attached hydrogens (primary N) is 1. The van der Waals surface area contributed by atoms with Crippen molar-refractivity contribution in [1.82, 2.24) is 15.0 Å². The lowest BCUT2D eigenvalue weighted by molar-refractivity contribution is -0.137. The van der Waals surface area contributed by atoms with Crippen LogP contribution in [0, 0.1) is 0 Å². The summed E-state index contributed by atoms with van der Waals surface area (Å²) in [6.07, 6.45) is -0.671. The molecule has 1 aliphatic heterocycles. The number of hydrogen-bond acceptors (Lipinski definition) is 5. The third kappa shape index (κ3) is 2.68. The standard InChI is InChI=1S/C14H14F3N5/c15-14(16,17)10-2-1-5-19-13(10)22-6-3-9-11(4-7-22)20-8-21-12(9)18/h1-2,5,8H,3-4,6-7H2,(H2,18,20,21). The molecule has 0 saturated carbocycles. The van der Waals surface area contributed by atoms with Crippen molar-refractivity contribution in [1.29, 1.82) is 0 Å². The molecule has 3 rings (SSSR count). The first-order chi connectivity index (χ1) is 10.5. The smallest absolute Gasteiger partial charge is 0.383 e. The maximum Gasteiger partial charge on any atom is 0.419 e. The molecule has 0 spiro atoms. The highest BCUT2D eigenvalue weighted by Gasteiger charge is 2.36. The van der Waals surface area contributed by atoms with E-state index >= 15 is 0 Å². The molecule has 0 fully saturated rings. The number of pyridine rings is 1. The second-order valence-electron chi connectivity index (χ2n) is 5.04. The van der Waals surface area contributed by atoms with E-state index in [4.69, 9.17) is 5.73 Å². The van der Waals surface area contributed by atoms with Gasteiger partial charge in [0.25, 0.3) is 0 Å². The molecule has 3 heterocycles. The van der Waals surface area contributed by atoms with Crippen LogP contribution in [0.1, 0.15) is 16.8 Å². The molecule has 8 heteroatoms. The predicted molar refractivity (Wildman–Crippen MR) is 75.3 cm³/mol. The minimum atomic E-state index is -4.43. The van der Waals surface area contributed by atoms with Crippen LogP contribution in [0.4, 0.5) is 24.8 Å². The molecule has 1 aliphatic rings. The molecule has 0 atom stereocenters. The van der Waals surface area contributed by atoms with Crippen LogP contribution >= 0.6 is 0 Å². The summed E-state index contributed by atoms with van der Waals surface area (Å²) in [4.78, 5) is 13.7. The van der Waals surface area contributed by atoms with Crippen LogP contribution in [-0.4, -0.2) is 28.0 Å². The SMILES string of the molecule is Nc1ncnc2c1CCN(c1ncccc1C(F)(F)F)CC2. The molecule has 2 N–H and O–H groups in total. The minimum absolute atomic E-state index is 0.0469. The maximum absolute atomic E-state index is 13.1. The van der Waals surface area contributed by atoms with Crippen LogP contribution in [0.3, 0.4) is 0 Å². The molecule has 116 valence electrons. The molecule has 2 aromatic rings. The van der Waals surface area contributed by atoms with E-state index < -0.39 is 11.7 Å². The molecule has 5 nitrogen and oxygen atoms in total. The van der Waals surface area contributed by atoms with E-state index in [1.807, 2.05) is 0 Å². The summed E-state index contributed by atoms with van der Waals surface area (Å²) in [6.45, 7) is 0.800. The number of hydrogen-bond donors (Lipinski definition) is 1. The molecule has 0 aliphatic carbocycles. The first-order valence-corrected chi connectivity index (χ1v) is 6.82. The maximum atomic E-state index is 13.1. The average molecular weight is 309 g/mol. The number of rotatable bonds is 1. The van der Waals surface area contributed by atoms with Gasteiger partial charge in [0, 0.05) is 31.3 Å². The Balaban J connectivity index is 1.92. The number of halogens is 3. The van der Waals surface area contributed by atoms with Crippen LogP contribution in [0.15, 0.2) is 24.7 Å². The van der Waals surface area contributed by atoms with Gasteiger partial charge in [-0.25, -0.2) is 15.0 Å². The van der Waals surface area contributed by atoms with Gasteiger partial charge in [-0.05, 0) is 18.6 Å². The van der Waals surface area contributed by atoms with E-state index in [0.29, 0.717) is 31.7 Å². The summed E-state index contributed by atoms with van der Waals surface area (Å²) in [5, 5.41) is 0. The summed E-state index contributed by atoms with van der Waals surface area (Å²) in [6, 6.07) is 2.34. The molecule has 2 aromatic heterocycles. The van der Waals surface area contributed by atoms with Crippen molar-refractivity contribution in [3.8, 4) is 0 Å². The van der Waals surface area contributed by atoms with Gasteiger partial charge in [0.05, 0.1) is 11.3 Å². The Labute approximate surface area is 125 Å². The van der Waals surface area contributed by atoms with Crippen molar-refractivity contribution in [3.05, 3.63) is 41.5 Å². The largest absolute Gasteiger partial charge is 0.419 e. The van der Waals surface area contributed by atoms with Crippen LogP contribution in [0.5, 0.6) is 0 Å². The fourth-order valence-corrected chi connectivity index (χ4v) is 2.63. The minimum Gasteiger partial charge on any atom is -0.383 e. The normalized spacial score (nSPS) is 15.3. The lowest BCUT2D eigenvalue weighted by Gasteiger charge is -2.24. The second-order valence-corrected chi connectivity index (χ2v) is 5.04. The Morgan fingerprint density at radius 2 is 1.86 bits per heavy atom. The number of nitrogen functional groups attached to an aromatic ring is 1. The van der Waals surface area contributed by atoms with E-state index in [0.717, 1.165) is 17.3 Å². The quantitative estimate of drug-likeness (QED) is 0.873. The van der Waals surface area contributed by atoms with Crippen molar-refractivity contribution < 1.29 is 13.2 Å². The molecule has 0 bridgehead atoms. The van der Waals surface area contributed by atoms with Crippen LogP contribution in [0.25, 0.3) is 0 Å². The first-order valence-electron chi connectivity index (χ1n) is 6.82. The third-order valence-corrected chi connectivity index (χ3v) is 3.71. The number of nitrogens with zero attached hydrogens (tertiary/aromatic N) is 4. The Morgan fingerprint density at radius 3 is 2.64 bits per heavy atom. The van der Waals surface area contributed by atoms with E-state index in [1.165, 1.54) is 18.6 Å². The highest BCUT2D eigenvalue weighted by atomic mass is 19.4. The van der Waals surface area contributed by atoms with Crippen molar-refractivity contribution in [2.75, 3.05) is 23.7 Å². The lowest BCUT2D eigenvalue weighted by atomic mass is 10.1. The highest BCUT2D eigenvalue weighted by Crippen LogP contribution is 2.35. The topological polar surface area (TPSA) is 67.9 Å². The van der Waals surface area contributed by atoms with Crippen molar-refractivity contribution >= 4 is 11.6 Å². The van der Waals surface area contributed by atoms with Gasteiger partial charge in [0.15, 0.2) is 0 Å². The zero-order chi connectivity index (χ0) is 15.7. The fraction of sp³-hybridized carbons (Fsp3) is 0.357. The molecular weight excluding hydrogens is 295 g/mol. The van der Waals surface area contributed by atoms with E-state index in [2.05, 4.69) is 15.0 Å². The van der Waals surface area contributed by atoms with Gasteiger partial charge in [0.1, 0.15) is 18.0 Å². The van der Waals surface area contributed by atoms with Gasteiger partial charge in [-0.3, -0.25) is 0 Å². The average Bonchev–Trinajstić information content (AvgIpc) is 2.70. The number of alkyl halides is 3. The summed E-state index contributed by atoms with van der Waals surface area (Å²) in [5.74, 6) is 0.346. The van der Waals surface area contributed by atoms with Gasteiger partial charge in [-0.15, -0.1) is 0 Å². The Kier molecular flexibility index (Phi) is 3.59. The van der Waals surface area contributed by atoms with E-state index in [9.17, 15) is 13.2 Å². The Bertz CT molecular complexity index is 686. The van der Waals surface area contributed by atoms with Gasteiger partial charge in [-0.2, -0.15) is 13.2 Å². The molecule has 22 heavy (non-hydrogen) atoms. The highest BCUT2D eigenvalue weighted by molar-refractivity contribution is 5.51.